The predicted octanol–water partition coefficient (Wildman–Crippen LogP) is 2.61. The van der Waals surface area contributed by atoms with E-state index in [0.29, 0.717) is 11.1 Å². The average molecular weight is 352 g/mol. The number of fused-ring (bicyclic) bond motifs is 2. The summed E-state index contributed by atoms with van der Waals surface area (Å²) in [5, 5.41) is 30.4. The SMILES string of the molecule is O=c1ccc2ccc(Cc3c(O)c4cc(O)c(O)cc4oc3=O)cc2o1. The molecule has 7 nitrogen and oxygen atoms in total. The van der Waals surface area contributed by atoms with Crippen LogP contribution in [0.25, 0.3) is 21.9 Å². The number of hydrogen-bond donors (Lipinski definition) is 3. The molecule has 0 unspecified atom stereocenters. The van der Waals surface area contributed by atoms with Crippen LogP contribution in [0.3, 0.4) is 0 Å². The molecule has 0 bridgehead atoms. The summed E-state index contributed by atoms with van der Waals surface area (Å²) in [4.78, 5) is 23.6. The van der Waals surface area contributed by atoms with Gasteiger partial charge in [-0.1, -0.05) is 12.1 Å². The molecule has 0 fully saturated rings. The molecule has 130 valence electrons. The molecule has 4 rings (SSSR count). The van der Waals surface area contributed by atoms with Gasteiger partial charge in [-0.05, 0) is 23.8 Å². The maximum Gasteiger partial charge on any atom is 0.343 e. The fourth-order valence-electron chi connectivity index (χ4n) is 2.82. The molecular weight excluding hydrogens is 340 g/mol. The van der Waals surface area contributed by atoms with Crippen molar-refractivity contribution in [3.05, 3.63) is 74.4 Å². The van der Waals surface area contributed by atoms with Crippen LogP contribution in [0, 0.1) is 0 Å². The van der Waals surface area contributed by atoms with E-state index in [4.69, 9.17) is 8.83 Å². The molecular formula is C19H12O7. The minimum Gasteiger partial charge on any atom is -0.507 e. The molecule has 0 saturated heterocycles. The number of phenolic OH excluding ortho intramolecular Hbond substituents is 2. The van der Waals surface area contributed by atoms with Crippen molar-refractivity contribution in [1.82, 2.24) is 0 Å². The molecule has 0 spiro atoms. The van der Waals surface area contributed by atoms with Crippen LogP contribution in [0.5, 0.6) is 17.2 Å². The van der Waals surface area contributed by atoms with Crippen LogP contribution in [0.2, 0.25) is 0 Å². The van der Waals surface area contributed by atoms with Crippen LogP contribution in [0.4, 0.5) is 0 Å². The maximum absolute atomic E-state index is 12.2. The van der Waals surface area contributed by atoms with Gasteiger partial charge in [-0.15, -0.1) is 0 Å². The average Bonchev–Trinajstić information content (AvgIpc) is 2.60. The van der Waals surface area contributed by atoms with E-state index < -0.39 is 22.8 Å². The van der Waals surface area contributed by atoms with Crippen LogP contribution in [-0.4, -0.2) is 15.3 Å². The molecule has 0 aliphatic heterocycles. The molecule has 0 atom stereocenters. The Morgan fingerprint density at radius 3 is 2.35 bits per heavy atom. The summed E-state index contributed by atoms with van der Waals surface area (Å²) < 4.78 is 10.2. The monoisotopic (exact) mass is 352 g/mol. The Kier molecular flexibility index (Phi) is 3.43. The van der Waals surface area contributed by atoms with Gasteiger partial charge in [-0.25, -0.2) is 9.59 Å². The van der Waals surface area contributed by atoms with E-state index in [9.17, 15) is 24.9 Å². The molecule has 7 heteroatoms. The summed E-state index contributed by atoms with van der Waals surface area (Å²) in [6.07, 6.45) is 0.0281. The number of phenols is 2. The second kappa shape index (κ2) is 5.66. The third-order valence-electron chi connectivity index (χ3n) is 4.14. The number of benzene rings is 2. The fraction of sp³-hybridized carbons (Fsp3) is 0.0526. The minimum absolute atomic E-state index is 0.0137. The summed E-state index contributed by atoms with van der Waals surface area (Å²) >= 11 is 0. The molecule has 0 amide bonds. The van der Waals surface area contributed by atoms with Crippen LogP contribution >= 0.6 is 0 Å². The number of hydrogen-bond acceptors (Lipinski definition) is 7. The molecule has 0 aliphatic carbocycles. The van der Waals surface area contributed by atoms with Crippen LogP contribution in [0.1, 0.15) is 11.1 Å². The highest BCUT2D eigenvalue weighted by Gasteiger charge is 2.17. The minimum atomic E-state index is -0.769. The van der Waals surface area contributed by atoms with Gasteiger partial charge in [-0.3, -0.25) is 0 Å². The Bertz CT molecular complexity index is 1280. The van der Waals surface area contributed by atoms with Gasteiger partial charge in [0.25, 0.3) is 0 Å². The highest BCUT2D eigenvalue weighted by Crippen LogP contribution is 2.35. The van der Waals surface area contributed by atoms with Gasteiger partial charge < -0.3 is 24.2 Å². The van der Waals surface area contributed by atoms with Gasteiger partial charge >= 0.3 is 11.3 Å². The third-order valence-corrected chi connectivity index (χ3v) is 4.14. The Balaban J connectivity index is 1.85. The predicted molar refractivity (Wildman–Crippen MR) is 92.8 cm³/mol. The highest BCUT2D eigenvalue weighted by atomic mass is 16.4. The van der Waals surface area contributed by atoms with Crippen molar-refractivity contribution in [2.75, 3.05) is 0 Å². The van der Waals surface area contributed by atoms with E-state index in [2.05, 4.69) is 0 Å². The summed E-state index contributed by atoms with van der Waals surface area (Å²) in [7, 11) is 0. The van der Waals surface area contributed by atoms with Gasteiger partial charge in [0.2, 0.25) is 0 Å². The van der Waals surface area contributed by atoms with Crippen molar-refractivity contribution < 1.29 is 24.2 Å². The molecule has 0 radical (unpaired) electrons. The first kappa shape index (κ1) is 15.8. The molecule has 2 heterocycles. The molecule has 3 N–H and O–H groups in total. The van der Waals surface area contributed by atoms with Crippen molar-refractivity contribution in [2.45, 2.75) is 6.42 Å². The Morgan fingerprint density at radius 1 is 0.808 bits per heavy atom. The lowest BCUT2D eigenvalue weighted by atomic mass is 10.0. The van der Waals surface area contributed by atoms with Gasteiger partial charge in [0.05, 0.1) is 10.9 Å². The van der Waals surface area contributed by atoms with E-state index in [1.165, 1.54) is 6.07 Å². The van der Waals surface area contributed by atoms with E-state index in [1.54, 1.807) is 24.3 Å². The summed E-state index contributed by atoms with van der Waals surface area (Å²) in [5.41, 5.74) is -0.331. The number of rotatable bonds is 2. The van der Waals surface area contributed by atoms with Gasteiger partial charge in [-0.2, -0.15) is 0 Å². The molecule has 2 aromatic carbocycles. The Morgan fingerprint density at radius 2 is 1.54 bits per heavy atom. The normalized spacial score (nSPS) is 11.2. The fourth-order valence-corrected chi connectivity index (χ4v) is 2.82. The molecule has 0 aliphatic rings. The van der Waals surface area contributed by atoms with E-state index in [0.717, 1.165) is 17.5 Å². The Hall–Kier alpha value is -3.74. The van der Waals surface area contributed by atoms with Crippen LogP contribution in [0.15, 0.2) is 60.9 Å². The highest BCUT2D eigenvalue weighted by molar-refractivity contribution is 5.87. The first-order valence-corrected chi connectivity index (χ1v) is 7.66. The molecule has 26 heavy (non-hydrogen) atoms. The van der Waals surface area contributed by atoms with Gasteiger partial charge in [0, 0.05) is 23.9 Å². The first-order chi connectivity index (χ1) is 12.4. The summed E-state index contributed by atoms with van der Waals surface area (Å²) in [6, 6.07) is 10.2. The van der Waals surface area contributed by atoms with Crippen molar-refractivity contribution in [3.63, 3.8) is 0 Å². The van der Waals surface area contributed by atoms with E-state index in [1.807, 2.05) is 0 Å². The van der Waals surface area contributed by atoms with Crippen molar-refractivity contribution in [3.8, 4) is 17.2 Å². The lowest BCUT2D eigenvalue weighted by Crippen LogP contribution is -2.08. The third kappa shape index (κ3) is 2.55. The largest absolute Gasteiger partial charge is 0.507 e. The number of aromatic hydroxyl groups is 3. The zero-order valence-corrected chi connectivity index (χ0v) is 13.2. The smallest absolute Gasteiger partial charge is 0.343 e. The quantitative estimate of drug-likeness (QED) is 0.374. The second-order valence-corrected chi connectivity index (χ2v) is 5.86. The Labute approximate surface area is 145 Å². The zero-order valence-electron chi connectivity index (χ0n) is 13.2. The van der Waals surface area contributed by atoms with Crippen molar-refractivity contribution >= 4 is 21.9 Å². The lowest BCUT2D eigenvalue weighted by Gasteiger charge is -2.08. The lowest BCUT2D eigenvalue weighted by molar-refractivity contribution is 0.402. The van der Waals surface area contributed by atoms with E-state index in [-0.39, 0.29) is 28.7 Å². The van der Waals surface area contributed by atoms with Crippen molar-refractivity contribution in [2.24, 2.45) is 0 Å². The topological polar surface area (TPSA) is 121 Å². The summed E-state index contributed by atoms with van der Waals surface area (Å²) in [6.45, 7) is 0. The first-order valence-electron chi connectivity index (χ1n) is 7.66. The summed E-state index contributed by atoms with van der Waals surface area (Å²) in [5.74, 6) is -1.25. The van der Waals surface area contributed by atoms with Crippen molar-refractivity contribution in [1.29, 1.82) is 0 Å². The molecule has 2 aromatic heterocycles. The zero-order chi connectivity index (χ0) is 18.4. The maximum atomic E-state index is 12.2. The van der Waals surface area contributed by atoms with Crippen LogP contribution in [-0.2, 0) is 6.42 Å². The molecule has 4 aromatic rings. The van der Waals surface area contributed by atoms with Crippen LogP contribution < -0.4 is 11.3 Å². The standard InChI is InChI=1S/C19H12O7/c20-13-7-11-16(8-14(13)21)26-19(24)12(18(11)23)5-9-1-2-10-3-4-17(22)25-15(10)6-9/h1-4,6-8,20-21,23H,5H2. The molecule has 0 saturated carbocycles. The van der Waals surface area contributed by atoms with Gasteiger partial charge in [0.1, 0.15) is 16.9 Å². The second-order valence-electron chi connectivity index (χ2n) is 5.86. The van der Waals surface area contributed by atoms with E-state index >= 15 is 0 Å². The van der Waals surface area contributed by atoms with Gasteiger partial charge in [0.15, 0.2) is 11.5 Å².